The van der Waals surface area contributed by atoms with E-state index in [1.54, 1.807) is 41.8 Å². The van der Waals surface area contributed by atoms with Crippen LogP contribution in [-0.4, -0.2) is 138 Å². The molecule has 77 heavy (non-hydrogen) atoms. The van der Waals surface area contributed by atoms with E-state index < -0.39 is 49.6 Å². The van der Waals surface area contributed by atoms with Crippen molar-refractivity contribution in [1.29, 1.82) is 5.26 Å². The number of nitro benzene ring substituents is 1. The van der Waals surface area contributed by atoms with E-state index in [1.807, 2.05) is 41.2 Å². The highest BCUT2D eigenvalue weighted by atomic mass is 32.2. The average Bonchev–Trinajstić information content (AvgIpc) is 3.67. The molecule has 7 rings (SSSR count). The number of ether oxygens (including phenoxy) is 5. The summed E-state index contributed by atoms with van der Waals surface area (Å²) in [4.78, 5) is 45.6. The smallest absolute Gasteiger partial charge is 0.417 e. The molecule has 2 aliphatic rings. The van der Waals surface area contributed by atoms with Crippen molar-refractivity contribution in [2.75, 3.05) is 107 Å². The van der Waals surface area contributed by atoms with Crippen LogP contribution in [0.2, 0.25) is 0 Å². The molecule has 2 amide bonds. The number of phenols is 1. The molecule has 5 aromatic carbocycles. The zero-order chi connectivity index (χ0) is 55.3. The van der Waals surface area contributed by atoms with Gasteiger partial charge in [-0.2, -0.15) is 18.4 Å². The minimum absolute atomic E-state index is 0.00689. The molecule has 25 heteroatoms. The molecular formula is C52H55F3N8O12S2. The Morgan fingerprint density at radius 2 is 1.35 bits per heavy atom. The monoisotopic (exact) mass is 1100 g/mol. The number of carbonyl (C=O) groups is 2. The van der Waals surface area contributed by atoms with Crippen LogP contribution in [0.3, 0.4) is 0 Å². The quantitative estimate of drug-likeness (QED) is 0.0239. The molecule has 20 nitrogen and oxygen atoms in total. The number of aromatic hydroxyl groups is 1. The summed E-state index contributed by atoms with van der Waals surface area (Å²) in [6.45, 7) is 9.11. The van der Waals surface area contributed by atoms with Crippen molar-refractivity contribution < 1.29 is 64.9 Å². The van der Waals surface area contributed by atoms with Gasteiger partial charge in [-0.1, -0.05) is 24.3 Å². The Morgan fingerprint density at radius 3 is 1.92 bits per heavy atom. The van der Waals surface area contributed by atoms with Crippen LogP contribution in [0.4, 0.5) is 35.9 Å². The fourth-order valence-electron chi connectivity index (χ4n) is 8.33. The van der Waals surface area contributed by atoms with Crippen LogP contribution >= 0.6 is 12.2 Å². The van der Waals surface area contributed by atoms with E-state index in [-0.39, 0.29) is 38.4 Å². The molecular weight excluding hydrogens is 1050 g/mol. The van der Waals surface area contributed by atoms with Gasteiger partial charge < -0.3 is 38.6 Å². The molecule has 0 aliphatic carbocycles. The minimum atomic E-state index is -4.80. The maximum Gasteiger partial charge on any atom is 0.417 e. The number of nitro groups is 1. The lowest BCUT2D eigenvalue weighted by molar-refractivity contribution is -0.384. The van der Waals surface area contributed by atoms with Gasteiger partial charge in [-0.3, -0.25) is 34.9 Å². The van der Waals surface area contributed by atoms with Gasteiger partial charge in [0.1, 0.15) is 29.3 Å². The number of nitriles is 1. The van der Waals surface area contributed by atoms with Crippen molar-refractivity contribution in [2.45, 2.75) is 30.5 Å². The van der Waals surface area contributed by atoms with Crippen LogP contribution in [0, 0.1) is 21.4 Å². The number of sulfonamides is 1. The zero-order valence-corrected chi connectivity index (χ0v) is 43.5. The summed E-state index contributed by atoms with van der Waals surface area (Å²) in [6.07, 6.45) is -4.80. The summed E-state index contributed by atoms with van der Waals surface area (Å²) in [6, 6.07) is 28.0. The van der Waals surface area contributed by atoms with E-state index in [9.17, 15) is 51.7 Å². The van der Waals surface area contributed by atoms with Crippen molar-refractivity contribution in [1.82, 2.24) is 15.2 Å². The van der Waals surface area contributed by atoms with Crippen molar-refractivity contribution in [2.24, 2.45) is 0 Å². The van der Waals surface area contributed by atoms with Gasteiger partial charge in [-0.25, -0.2) is 8.42 Å². The first-order valence-electron chi connectivity index (χ1n) is 24.1. The van der Waals surface area contributed by atoms with Gasteiger partial charge in [0, 0.05) is 50.0 Å². The molecule has 2 fully saturated rings. The molecule has 0 atom stereocenters. The second-order valence-electron chi connectivity index (χ2n) is 17.9. The first-order chi connectivity index (χ1) is 36.8. The summed E-state index contributed by atoms with van der Waals surface area (Å²) in [7, 11) is -4.30. The maximum absolute atomic E-state index is 13.7. The molecule has 2 heterocycles. The lowest BCUT2D eigenvalue weighted by atomic mass is 10.0. The zero-order valence-electron chi connectivity index (χ0n) is 41.9. The number of benzene rings is 5. The number of nitrogens with zero attached hydrogens (tertiary/aromatic N) is 6. The lowest BCUT2D eigenvalue weighted by Gasteiger charge is -2.35. The third-order valence-corrected chi connectivity index (χ3v) is 14.0. The van der Waals surface area contributed by atoms with Crippen molar-refractivity contribution in [3.8, 4) is 28.7 Å². The summed E-state index contributed by atoms with van der Waals surface area (Å²) in [5, 5.41) is 30.5. The highest BCUT2D eigenvalue weighted by Gasteiger charge is 2.50. The third kappa shape index (κ3) is 14.6. The van der Waals surface area contributed by atoms with E-state index in [0.717, 1.165) is 40.3 Å². The number of hydrogen-bond donors (Lipinski definition) is 3. The molecule has 0 unspecified atom stereocenters. The second-order valence-corrected chi connectivity index (χ2v) is 19.9. The van der Waals surface area contributed by atoms with Crippen molar-refractivity contribution >= 4 is 61.9 Å². The summed E-state index contributed by atoms with van der Waals surface area (Å²) in [5.74, 6) is -0.698. The number of carbonyl (C=O) groups excluding carboxylic acids is 2. The van der Waals surface area contributed by atoms with Gasteiger partial charge in [0.2, 0.25) is 0 Å². The van der Waals surface area contributed by atoms with Crippen LogP contribution in [0.15, 0.2) is 114 Å². The highest BCUT2D eigenvalue weighted by molar-refractivity contribution is 7.89. The Hall–Kier alpha value is -7.28. The molecule has 408 valence electrons. The predicted octanol–water partition coefficient (Wildman–Crippen LogP) is 6.67. The van der Waals surface area contributed by atoms with E-state index in [0.29, 0.717) is 104 Å². The average molecular weight is 1110 g/mol. The number of amides is 2. The Bertz CT molecular complexity index is 3050. The van der Waals surface area contributed by atoms with Gasteiger partial charge in [-0.05, 0) is 116 Å². The summed E-state index contributed by atoms with van der Waals surface area (Å²) in [5.41, 5.74) is 1.41. The molecule has 0 spiro atoms. The number of hydrazine groups is 1. The van der Waals surface area contributed by atoms with Crippen LogP contribution in [0.25, 0.3) is 11.1 Å². The number of anilines is 3. The molecule has 2 aliphatic heterocycles. The summed E-state index contributed by atoms with van der Waals surface area (Å²) < 4.78 is 95.6. The number of thiocarbonyl (C=S) groups is 1. The summed E-state index contributed by atoms with van der Waals surface area (Å²) >= 11 is 5.66. The van der Waals surface area contributed by atoms with Crippen LogP contribution in [0.1, 0.15) is 35.3 Å². The first-order valence-corrected chi connectivity index (χ1v) is 26.0. The number of rotatable bonds is 25. The number of hydrogen-bond acceptors (Lipinski definition) is 16. The highest BCUT2D eigenvalue weighted by Crippen LogP contribution is 2.40. The SMILES string of the molecule is CC1(C)C(=O)N(c2ccc(C#N)c(C(F)(F)F)c2)C(=S)N1c1ccc(-c2ccc(OCCOCCOCCOCCOCCN3CCN(c4cc(S(=O)(=O)NNC(=O)c5ccc(O)cc5)ccc4[N+](=O)[O-])CC3)cc2)cc1. The third-order valence-electron chi connectivity index (χ3n) is 12.4. The van der Waals surface area contributed by atoms with E-state index in [4.69, 9.17) is 35.9 Å². The number of nitrogens with one attached hydrogen (secondary N) is 2. The van der Waals surface area contributed by atoms with Crippen LogP contribution < -0.4 is 29.7 Å². The molecule has 0 bridgehead atoms. The standard InChI is InChI=1S/C52H55F3N8O12S2/c1-51(2)49(66)61(41-12-5-39(35-56)45(33-41)52(53,54)55)50(76)62(51)40-10-3-36(4-11-40)37-8-15-43(16-9-37)75-32-31-74-30-29-73-28-27-72-26-25-71-24-23-59-19-21-60(22-20-59)47-34-44(17-18-46(47)63(67)68)77(69,70)58-57-48(65)38-6-13-42(64)14-7-38/h3-18,33-34,58,64H,19-32H2,1-2H3,(H,57,65). The van der Waals surface area contributed by atoms with Crippen LogP contribution in [-0.2, 0) is 39.9 Å². The largest absolute Gasteiger partial charge is 0.508 e. The molecule has 5 aromatic rings. The normalized spacial score (nSPS) is 14.9. The Labute approximate surface area is 447 Å². The topological polar surface area (TPSA) is 239 Å². The van der Waals surface area contributed by atoms with Gasteiger partial charge in [0.25, 0.3) is 27.5 Å². The van der Waals surface area contributed by atoms with E-state index in [2.05, 4.69) is 10.3 Å². The van der Waals surface area contributed by atoms with Crippen molar-refractivity contribution in [3.63, 3.8) is 0 Å². The fourth-order valence-corrected chi connectivity index (χ4v) is 9.71. The number of halogens is 3. The molecule has 0 saturated carbocycles. The lowest BCUT2D eigenvalue weighted by Crippen LogP contribution is -2.47. The number of alkyl halides is 3. The fraction of sp³-hybridized carbons (Fsp3) is 0.346. The Morgan fingerprint density at radius 1 is 0.792 bits per heavy atom. The van der Waals surface area contributed by atoms with Gasteiger partial charge in [0.05, 0.1) is 85.6 Å². The Kier molecular flexibility index (Phi) is 19.2. The molecule has 0 aromatic heterocycles. The predicted molar refractivity (Wildman–Crippen MR) is 281 cm³/mol. The maximum atomic E-state index is 13.7. The minimum Gasteiger partial charge on any atom is -0.508 e. The van der Waals surface area contributed by atoms with Crippen molar-refractivity contribution in [3.05, 3.63) is 136 Å². The number of phenolic OH excluding ortho intramolecular Hbond substituents is 1. The molecule has 2 saturated heterocycles. The second kappa shape index (κ2) is 25.7. The number of piperazine rings is 1. The Balaban J connectivity index is 0.721. The van der Waals surface area contributed by atoms with Gasteiger partial charge in [0.15, 0.2) is 5.11 Å². The molecule has 0 radical (unpaired) electrons. The van der Waals surface area contributed by atoms with Gasteiger partial charge >= 0.3 is 6.18 Å². The molecule has 3 N–H and O–H groups in total. The van der Waals surface area contributed by atoms with Crippen LogP contribution in [0.5, 0.6) is 11.5 Å². The van der Waals surface area contributed by atoms with E-state index >= 15 is 0 Å². The van der Waals surface area contributed by atoms with E-state index in [1.165, 1.54) is 36.4 Å². The van der Waals surface area contributed by atoms with Gasteiger partial charge in [-0.15, -0.1) is 4.83 Å². The first kappa shape index (κ1) is 57.4.